The van der Waals surface area contributed by atoms with E-state index in [0.29, 0.717) is 5.92 Å². The second kappa shape index (κ2) is 7.60. The van der Waals surface area contributed by atoms with Gasteiger partial charge in [-0.2, -0.15) is 0 Å². The molecule has 0 spiro atoms. The largest absolute Gasteiger partial charge is 0.348 e. The Bertz CT molecular complexity index is 645. The van der Waals surface area contributed by atoms with Crippen LogP contribution < -0.4 is 0 Å². The lowest BCUT2D eigenvalue weighted by Crippen LogP contribution is -2.04. The predicted octanol–water partition coefficient (Wildman–Crippen LogP) is 4.76. The van der Waals surface area contributed by atoms with Gasteiger partial charge in [-0.3, -0.25) is 0 Å². The van der Waals surface area contributed by atoms with Crippen molar-refractivity contribution in [1.29, 1.82) is 0 Å². The molecule has 0 saturated heterocycles. The van der Waals surface area contributed by atoms with Gasteiger partial charge >= 0.3 is 0 Å². The molecular formula is C20H22N2. The fourth-order valence-corrected chi connectivity index (χ4v) is 2.97. The molecule has 0 amide bonds. The van der Waals surface area contributed by atoms with E-state index in [1.54, 1.807) is 6.33 Å². The van der Waals surface area contributed by atoms with Gasteiger partial charge in [-0.15, -0.1) is 0 Å². The third kappa shape index (κ3) is 4.08. The van der Waals surface area contributed by atoms with Crippen LogP contribution in [0, 0.1) is 0 Å². The standard InChI is InChI=1S/C20H22N2/c1-3-8-17(9-4-1)14-19(18-10-5-2-6-11-18)12-7-13-20-15-21-16-22-20/h1-6,8-11,15-16,19H,7,12-14H2,(H,21,22). The first-order chi connectivity index (χ1) is 10.9. The van der Waals surface area contributed by atoms with Gasteiger partial charge in [0, 0.05) is 11.9 Å². The van der Waals surface area contributed by atoms with E-state index in [4.69, 9.17) is 0 Å². The number of H-pyrrole nitrogens is 1. The van der Waals surface area contributed by atoms with Crippen LogP contribution >= 0.6 is 0 Å². The first-order valence-electron chi connectivity index (χ1n) is 7.98. The van der Waals surface area contributed by atoms with Crippen molar-refractivity contribution in [3.8, 4) is 0 Å². The first kappa shape index (κ1) is 14.6. The number of imidazole rings is 1. The number of nitrogens with one attached hydrogen (secondary N) is 1. The molecule has 2 heteroatoms. The number of aromatic amines is 1. The number of rotatable bonds is 7. The highest BCUT2D eigenvalue weighted by molar-refractivity contribution is 5.24. The fraction of sp³-hybridized carbons (Fsp3) is 0.250. The van der Waals surface area contributed by atoms with Crippen LogP contribution in [0.25, 0.3) is 0 Å². The smallest absolute Gasteiger partial charge is 0.0921 e. The van der Waals surface area contributed by atoms with Crippen molar-refractivity contribution in [3.05, 3.63) is 90.0 Å². The fourth-order valence-electron chi connectivity index (χ4n) is 2.97. The third-order valence-electron chi connectivity index (χ3n) is 4.15. The van der Waals surface area contributed by atoms with Gasteiger partial charge in [0.25, 0.3) is 0 Å². The molecule has 1 unspecified atom stereocenters. The minimum atomic E-state index is 0.575. The Morgan fingerprint density at radius 1 is 0.909 bits per heavy atom. The van der Waals surface area contributed by atoms with E-state index in [9.17, 15) is 0 Å². The van der Waals surface area contributed by atoms with Crippen molar-refractivity contribution in [2.24, 2.45) is 0 Å². The van der Waals surface area contributed by atoms with Crippen LogP contribution in [-0.2, 0) is 12.8 Å². The number of aryl methyl sites for hydroxylation is 1. The number of benzene rings is 2. The van der Waals surface area contributed by atoms with Crippen LogP contribution in [0.1, 0.15) is 35.6 Å². The maximum absolute atomic E-state index is 4.09. The zero-order valence-corrected chi connectivity index (χ0v) is 12.8. The third-order valence-corrected chi connectivity index (χ3v) is 4.15. The van der Waals surface area contributed by atoms with Crippen molar-refractivity contribution >= 4 is 0 Å². The second-order valence-corrected chi connectivity index (χ2v) is 5.77. The summed E-state index contributed by atoms with van der Waals surface area (Å²) >= 11 is 0. The van der Waals surface area contributed by atoms with Gasteiger partial charge in [0.2, 0.25) is 0 Å². The molecule has 2 aromatic carbocycles. The summed E-state index contributed by atoms with van der Waals surface area (Å²) in [4.78, 5) is 7.28. The molecule has 22 heavy (non-hydrogen) atoms. The number of hydrogen-bond acceptors (Lipinski definition) is 1. The molecule has 2 nitrogen and oxygen atoms in total. The molecule has 1 atom stereocenters. The van der Waals surface area contributed by atoms with Crippen LogP contribution in [0.15, 0.2) is 73.2 Å². The SMILES string of the molecule is c1ccc(CC(CCCc2cnc[nH]2)c2ccccc2)cc1. The Morgan fingerprint density at radius 3 is 2.32 bits per heavy atom. The van der Waals surface area contributed by atoms with E-state index >= 15 is 0 Å². The molecule has 0 saturated carbocycles. The van der Waals surface area contributed by atoms with Crippen LogP contribution in [0.5, 0.6) is 0 Å². The maximum atomic E-state index is 4.09. The lowest BCUT2D eigenvalue weighted by Gasteiger charge is -2.17. The highest BCUT2D eigenvalue weighted by Crippen LogP contribution is 2.26. The molecule has 0 aliphatic rings. The van der Waals surface area contributed by atoms with Crippen LogP contribution in [0.3, 0.4) is 0 Å². The Balaban J connectivity index is 1.66. The summed E-state index contributed by atoms with van der Waals surface area (Å²) < 4.78 is 0. The molecule has 112 valence electrons. The molecule has 0 aliphatic heterocycles. The highest BCUT2D eigenvalue weighted by atomic mass is 14.9. The van der Waals surface area contributed by atoms with Gasteiger partial charge in [0.05, 0.1) is 6.33 Å². The molecule has 0 radical (unpaired) electrons. The Kier molecular flexibility index (Phi) is 5.04. The molecule has 0 aliphatic carbocycles. The molecule has 3 aromatic rings. The van der Waals surface area contributed by atoms with Gasteiger partial charge in [-0.25, -0.2) is 4.98 Å². The predicted molar refractivity (Wildman–Crippen MR) is 90.9 cm³/mol. The van der Waals surface area contributed by atoms with Gasteiger partial charge in [-0.05, 0) is 42.7 Å². The normalized spacial score (nSPS) is 12.2. The Morgan fingerprint density at radius 2 is 1.64 bits per heavy atom. The summed E-state index contributed by atoms with van der Waals surface area (Å²) in [5.41, 5.74) is 4.08. The summed E-state index contributed by atoms with van der Waals surface area (Å²) in [5.74, 6) is 0.575. The molecule has 0 fully saturated rings. The van der Waals surface area contributed by atoms with Gasteiger partial charge in [0.1, 0.15) is 0 Å². The molecule has 1 heterocycles. The van der Waals surface area contributed by atoms with Gasteiger partial charge in [0.15, 0.2) is 0 Å². The minimum Gasteiger partial charge on any atom is -0.348 e. The summed E-state index contributed by atoms with van der Waals surface area (Å²) in [5, 5.41) is 0. The van der Waals surface area contributed by atoms with Crippen molar-refractivity contribution in [2.75, 3.05) is 0 Å². The number of hydrogen-bond donors (Lipinski definition) is 1. The summed E-state index contributed by atoms with van der Waals surface area (Å²) in [7, 11) is 0. The van der Waals surface area contributed by atoms with Gasteiger partial charge in [-0.1, -0.05) is 60.7 Å². The molecule has 0 bridgehead atoms. The van der Waals surface area contributed by atoms with Crippen molar-refractivity contribution < 1.29 is 0 Å². The zero-order chi connectivity index (χ0) is 15.0. The molecule has 1 N–H and O–H groups in total. The van der Waals surface area contributed by atoms with Crippen LogP contribution in [0.4, 0.5) is 0 Å². The zero-order valence-electron chi connectivity index (χ0n) is 12.8. The van der Waals surface area contributed by atoms with E-state index in [0.717, 1.165) is 12.8 Å². The van der Waals surface area contributed by atoms with Crippen molar-refractivity contribution in [1.82, 2.24) is 9.97 Å². The molecule has 3 rings (SSSR count). The van der Waals surface area contributed by atoms with Crippen molar-refractivity contribution in [2.45, 2.75) is 31.6 Å². The Labute approximate surface area is 132 Å². The average Bonchev–Trinajstić information content (AvgIpc) is 3.09. The summed E-state index contributed by atoms with van der Waals surface area (Å²) in [6.45, 7) is 0. The van der Waals surface area contributed by atoms with E-state index < -0.39 is 0 Å². The highest BCUT2D eigenvalue weighted by Gasteiger charge is 2.12. The Hall–Kier alpha value is -2.35. The number of nitrogens with zero attached hydrogens (tertiary/aromatic N) is 1. The van der Waals surface area contributed by atoms with E-state index in [1.165, 1.54) is 29.7 Å². The van der Waals surface area contributed by atoms with Crippen LogP contribution in [0.2, 0.25) is 0 Å². The van der Waals surface area contributed by atoms with Crippen LogP contribution in [-0.4, -0.2) is 9.97 Å². The average molecular weight is 290 g/mol. The maximum Gasteiger partial charge on any atom is 0.0921 e. The topological polar surface area (TPSA) is 28.7 Å². The summed E-state index contributed by atoms with van der Waals surface area (Å²) in [6, 6.07) is 21.7. The summed E-state index contributed by atoms with van der Waals surface area (Å²) in [6.07, 6.45) is 8.22. The first-order valence-corrected chi connectivity index (χ1v) is 7.98. The lowest BCUT2D eigenvalue weighted by atomic mass is 9.87. The number of aromatic nitrogens is 2. The lowest BCUT2D eigenvalue weighted by molar-refractivity contribution is 0.585. The van der Waals surface area contributed by atoms with E-state index in [1.807, 2.05) is 6.20 Å². The molecule has 1 aromatic heterocycles. The molecular weight excluding hydrogens is 268 g/mol. The monoisotopic (exact) mass is 290 g/mol. The quantitative estimate of drug-likeness (QED) is 0.668. The van der Waals surface area contributed by atoms with Crippen molar-refractivity contribution in [3.63, 3.8) is 0 Å². The van der Waals surface area contributed by atoms with E-state index in [-0.39, 0.29) is 0 Å². The second-order valence-electron chi connectivity index (χ2n) is 5.77. The van der Waals surface area contributed by atoms with Gasteiger partial charge < -0.3 is 4.98 Å². The van der Waals surface area contributed by atoms with E-state index in [2.05, 4.69) is 70.6 Å². The minimum absolute atomic E-state index is 0.575.